The van der Waals surface area contributed by atoms with Crippen molar-refractivity contribution >= 4 is 23.4 Å². The number of hydrogen-bond acceptors (Lipinski definition) is 4. The molecule has 1 amide bonds. The van der Waals surface area contributed by atoms with Crippen LogP contribution in [0, 0.1) is 12.8 Å². The summed E-state index contributed by atoms with van der Waals surface area (Å²) in [7, 11) is 0. The Labute approximate surface area is 139 Å². The Hall–Kier alpha value is -2.01. The Morgan fingerprint density at radius 3 is 3.13 bits per heavy atom. The van der Waals surface area contributed by atoms with E-state index in [9.17, 15) is 4.79 Å². The van der Waals surface area contributed by atoms with E-state index in [1.165, 1.54) is 0 Å². The molecule has 6 heteroatoms. The molecule has 1 aromatic heterocycles. The first-order chi connectivity index (χ1) is 11.0. The first-order valence-corrected chi connectivity index (χ1v) is 8.07. The smallest absolute Gasteiger partial charge is 0.264 e. The zero-order valence-corrected chi connectivity index (χ0v) is 13.9. The summed E-state index contributed by atoms with van der Waals surface area (Å²) >= 11 is 5.90. The van der Waals surface area contributed by atoms with Gasteiger partial charge in [0.25, 0.3) is 5.91 Å². The monoisotopic (exact) mass is 334 g/mol. The number of hydrogen-bond donors (Lipinski definition) is 1. The van der Waals surface area contributed by atoms with Crippen molar-refractivity contribution in [2.24, 2.45) is 5.92 Å². The van der Waals surface area contributed by atoms with E-state index in [-0.39, 0.29) is 12.5 Å². The van der Waals surface area contributed by atoms with Gasteiger partial charge in [0.2, 0.25) is 5.88 Å². The largest absolute Gasteiger partial charge is 0.483 e. The van der Waals surface area contributed by atoms with E-state index >= 15 is 0 Å². The fraction of sp³-hybridized carbons (Fsp3) is 0.412. The van der Waals surface area contributed by atoms with E-state index in [0.717, 1.165) is 36.1 Å². The molecule has 1 N–H and O–H groups in total. The maximum absolute atomic E-state index is 12.1. The van der Waals surface area contributed by atoms with Crippen LogP contribution in [0.5, 0.6) is 5.75 Å². The SMILES string of the molecule is Cc1cc(Cl)ccc1OCC(=O)Nc1onc2c1CC(C)CC2. The molecule has 0 saturated heterocycles. The molecule has 0 fully saturated rings. The molecular weight excluding hydrogens is 316 g/mol. The first kappa shape index (κ1) is 15.9. The number of halogens is 1. The highest BCUT2D eigenvalue weighted by Crippen LogP contribution is 2.30. The molecule has 0 radical (unpaired) electrons. The van der Waals surface area contributed by atoms with Gasteiger partial charge in [0.15, 0.2) is 6.61 Å². The van der Waals surface area contributed by atoms with Gasteiger partial charge in [-0.2, -0.15) is 0 Å². The van der Waals surface area contributed by atoms with Crippen molar-refractivity contribution in [2.45, 2.75) is 33.1 Å². The third-order valence-corrected chi connectivity index (χ3v) is 4.28. The fourth-order valence-electron chi connectivity index (χ4n) is 2.76. The lowest BCUT2D eigenvalue weighted by atomic mass is 9.89. The van der Waals surface area contributed by atoms with E-state index < -0.39 is 0 Å². The summed E-state index contributed by atoms with van der Waals surface area (Å²) in [4.78, 5) is 12.1. The molecule has 1 unspecified atom stereocenters. The fourth-order valence-corrected chi connectivity index (χ4v) is 2.99. The number of carbonyl (C=O) groups is 1. The minimum Gasteiger partial charge on any atom is -0.483 e. The van der Waals surface area contributed by atoms with Crippen LogP contribution in [0.25, 0.3) is 0 Å². The Bertz CT molecular complexity index is 727. The van der Waals surface area contributed by atoms with E-state index in [1.807, 2.05) is 6.92 Å². The van der Waals surface area contributed by atoms with Crippen LogP contribution >= 0.6 is 11.6 Å². The van der Waals surface area contributed by atoms with Gasteiger partial charge < -0.3 is 9.26 Å². The molecule has 2 aromatic rings. The molecule has 0 aliphatic heterocycles. The van der Waals surface area contributed by atoms with Gasteiger partial charge in [-0.25, -0.2) is 0 Å². The summed E-state index contributed by atoms with van der Waals surface area (Å²) in [6.45, 7) is 3.98. The van der Waals surface area contributed by atoms with Crippen LogP contribution in [-0.4, -0.2) is 17.7 Å². The van der Waals surface area contributed by atoms with Gasteiger partial charge in [-0.15, -0.1) is 0 Å². The van der Waals surface area contributed by atoms with Crippen molar-refractivity contribution in [1.82, 2.24) is 5.16 Å². The van der Waals surface area contributed by atoms with Gasteiger partial charge in [-0.05, 0) is 55.9 Å². The summed E-state index contributed by atoms with van der Waals surface area (Å²) in [5.74, 6) is 1.40. The number of anilines is 1. The second-order valence-electron chi connectivity index (χ2n) is 6.03. The second kappa shape index (κ2) is 6.62. The Balaban J connectivity index is 1.61. The molecule has 0 spiro atoms. The third kappa shape index (κ3) is 3.67. The number of nitrogens with zero attached hydrogens (tertiary/aromatic N) is 1. The molecule has 3 rings (SSSR count). The van der Waals surface area contributed by atoms with Crippen LogP contribution in [-0.2, 0) is 17.6 Å². The number of nitrogens with one attached hydrogen (secondary N) is 1. The highest BCUT2D eigenvalue weighted by atomic mass is 35.5. The molecule has 0 bridgehead atoms. The van der Waals surface area contributed by atoms with Crippen LogP contribution in [0.3, 0.4) is 0 Å². The lowest BCUT2D eigenvalue weighted by Gasteiger charge is -2.16. The zero-order valence-electron chi connectivity index (χ0n) is 13.2. The van der Waals surface area contributed by atoms with Gasteiger partial charge in [-0.1, -0.05) is 23.7 Å². The molecular formula is C17H19ClN2O3. The van der Waals surface area contributed by atoms with Gasteiger partial charge >= 0.3 is 0 Å². The highest BCUT2D eigenvalue weighted by Gasteiger charge is 2.24. The average molecular weight is 335 g/mol. The van der Waals surface area contributed by atoms with Crippen molar-refractivity contribution in [3.8, 4) is 5.75 Å². The number of aromatic nitrogens is 1. The Kier molecular flexibility index (Phi) is 4.57. The second-order valence-corrected chi connectivity index (χ2v) is 6.47. The van der Waals surface area contributed by atoms with Crippen molar-refractivity contribution < 1.29 is 14.1 Å². The predicted molar refractivity (Wildman–Crippen MR) is 88.0 cm³/mol. The summed E-state index contributed by atoms with van der Waals surface area (Å²) in [6, 6.07) is 5.28. The maximum Gasteiger partial charge on any atom is 0.264 e. The number of ether oxygens (including phenoxy) is 1. The van der Waals surface area contributed by atoms with Crippen LogP contribution in [0.4, 0.5) is 5.88 Å². The van der Waals surface area contributed by atoms with Gasteiger partial charge in [0.1, 0.15) is 5.75 Å². The summed E-state index contributed by atoms with van der Waals surface area (Å²) < 4.78 is 10.8. The van der Waals surface area contributed by atoms with Crippen LogP contribution in [0.15, 0.2) is 22.7 Å². The zero-order chi connectivity index (χ0) is 16.4. The van der Waals surface area contributed by atoms with E-state index in [1.54, 1.807) is 18.2 Å². The summed E-state index contributed by atoms with van der Waals surface area (Å²) in [6.07, 6.45) is 2.88. The lowest BCUT2D eigenvalue weighted by molar-refractivity contribution is -0.118. The molecule has 1 heterocycles. The predicted octanol–water partition coefficient (Wildman–Crippen LogP) is 3.78. The number of carbonyl (C=O) groups excluding carboxylic acids is 1. The van der Waals surface area contributed by atoms with Crippen molar-refractivity contribution in [3.63, 3.8) is 0 Å². The number of rotatable bonds is 4. The standard InChI is InChI=1S/C17H19ClN2O3/c1-10-3-5-14-13(7-10)17(23-20-14)19-16(21)9-22-15-6-4-12(18)8-11(15)2/h4,6,8,10H,3,5,7,9H2,1-2H3,(H,19,21). The number of aryl methyl sites for hydroxylation is 2. The summed E-state index contributed by atoms with van der Waals surface area (Å²) in [5, 5.41) is 7.43. The molecule has 23 heavy (non-hydrogen) atoms. The number of benzene rings is 1. The molecule has 1 atom stereocenters. The van der Waals surface area contributed by atoms with Gasteiger partial charge in [0.05, 0.1) is 5.69 Å². The topological polar surface area (TPSA) is 64.4 Å². The first-order valence-electron chi connectivity index (χ1n) is 7.69. The number of fused-ring (bicyclic) bond motifs is 1. The van der Waals surface area contributed by atoms with E-state index in [2.05, 4.69) is 17.4 Å². The molecule has 0 saturated carbocycles. The van der Waals surface area contributed by atoms with Crippen molar-refractivity contribution in [3.05, 3.63) is 40.0 Å². The van der Waals surface area contributed by atoms with Crippen LogP contribution in [0.2, 0.25) is 5.02 Å². The third-order valence-electron chi connectivity index (χ3n) is 4.04. The van der Waals surface area contributed by atoms with Crippen molar-refractivity contribution in [2.75, 3.05) is 11.9 Å². The highest BCUT2D eigenvalue weighted by molar-refractivity contribution is 6.30. The van der Waals surface area contributed by atoms with Crippen LogP contribution in [0.1, 0.15) is 30.2 Å². The maximum atomic E-state index is 12.1. The summed E-state index contributed by atoms with van der Waals surface area (Å²) in [5.41, 5.74) is 2.85. The molecule has 1 aliphatic carbocycles. The Morgan fingerprint density at radius 1 is 1.52 bits per heavy atom. The average Bonchev–Trinajstić information content (AvgIpc) is 2.88. The minimum absolute atomic E-state index is 0.0898. The Morgan fingerprint density at radius 2 is 2.35 bits per heavy atom. The molecule has 1 aliphatic rings. The van der Waals surface area contributed by atoms with Gasteiger partial charge in [0, 0.05) is 10.6 Å². The molecule has 1 aromatic carbocycles. The van der Waals surface area contributed by atoms with Crippen molar-refractivity contribution in [1.29, 1.82) is 0 Å². The van der Waals surface area contributed by atoms with Crippen LogP contribution < -0.4 is 10.1 Å². The molecule has 122 valence electrons. The van der Waals surface area contributed by atoms with E-state index in [4.69, 9.17) is 20.9 Å². The lowest BCUT2D eigenvalue weighted by Crippen LogP contribution is -2.21. The number of amides is 1. The minimum atomic E-state index is -0.267. The quantitative estimate of drug-likeness (QED) is 0.924. The normalized spacial score (nSPS) is 16.7. The van der Waals surface area contributed by atoms with E-state index in [0.29, 0.717) is 22.6 Å². The van der Waals surface area contributed by atoms with Gasteiger partial charge in [-0.3, -0.25) is 10.1 Å². The molecule has 5 nitrogen and oxygen atoms in total.